The van der Waals surface area contributed by atoms with E-state index in [1.54, 1.807) is 0 Å². The van der Waals surface area contributed by atoms with Crippen molar-refractivity contribution in [1.82, 2.24) is 0 Å². The molecule has 0 bridgehead atoms. The first-order valence-corrected chi connectivity index (χ1v) is 4.75. The molecule has 0 amide bonds. The van der Waals surface area contributed by atoms with E-state index in [1.165, 1.54) is 17.6 Å². The van der Waals surface area contributed by atoms with Crippen LogP contribution in [0.4, 0.5) is 0 Å². The van der Waals surface area contributed by atoms with Crippen LogP contribution in [-0.2, 0) is 0 Å². The lowest BCUT2D eigenvalue weighted by Crippen LogP contribution is -2.09. The van der Waals surface area contributed by atoms with Crippen molar-refractivity contribution in [1.29, 1.82) is 0 Å². The molecule has 0 aliphatic carbocycles. The van der Waals surface area contributed by atoms with Gasteiger partial charge in [0.2, 0.25) is 0 Å². The second-order valence-electron chi connectivity index (χ2n) is 4.19. The average molecular weight is 166 g/mol. The van der Waals surface area contributed by atoms with Crippen LogP contribution in [0.25, 0.3) is 0 Å². The number of allylic oxidation sites excluding steroid dienone is 2. The van der Waals surface area contributed by atoms with Crippen molar-refractivity contribution >= 4 is 0 Å². The molecule has 0 spiro atoms. The van der Waals surface area contributed by atoms with Crippen LogP contribution in [-0.4, -0.2) is 0 Å². The minimum absolute atomic E-state index is 0.668. The van der Waals surface area contributed by atoms with Gasteiger partial charge < -0.3 is 0 Å². The lowest BCUT2D eigenvalue weighted by atomic mass is 9.85. The highest BCUT2D eigenvalue weighted by Crippen LogP contribution is 2.25. The Morgan fingerprint density at radius 1 is 1.17 bits per heavy atom. The fourth-order valence-electron chi connectivity index (χ4n) is 1.55. The predicted molar refractivity (Wildman–Crippen MR) is 57.2 cm³/mol. The van der Waals surface area contributed by atoms with Crippen LogP contribution in [0.2, 0.25) is 0 Å². The van der Waals surface area contributed by atoms with E-state index in [4.69, 9.17) is 0 Å². The SMILES string of the molecule is C=C(C)CCC(C(=C)C)C(C)C. The number of hydrogen-bond donors (Lipinski definition) is 0. The van der Waals surface area contributed by atoms with Gasteiger partial charge in [-0.25, -0.2) is 0 Å². The molecular formula is C12H22. The van der Waals surface area contributed by atoms with Crippen molar-refractivity contribution in [2.45, 2.75) is 40.5 Å². The van der Waals surface area contributed by atoms with Crippen LogP contribution in [0, 0.1) is 11.8 Å². The molecule has 0 aliphatic rings. The van der Waals surface area contributed by atoms with Gasteiger partial charge >= 0.3 is 0 Å². The van der Waals surface area contributed by atoms with Crippen molar-refractivity contribution in [3.8, 4) is 0 Å². The van der Waals surface area contributed by atoms with Gasteiger partial charge in [0.15, 0.2) is 0 Å². The Morgan fingerprint density at radius 2 is 1.67 bits per heavy atom. The highest BCUT2D eigenvalue weighted by molar-refractivity contribution is 5.00. The molecule has 0 rings (SSSR count). The highest BCUT2D eigenvalue weighted by Gasteiger charge is 2.13. The molecule has 0 N–H and O–H groups in total. The summed E-state index contributed by atoms with van der Waals surface area (Å²) in [5.74, 6) is 1.38. The Kier molecular flexibility index (Phi) is 4.96. The van der Waals surface area contributed by atoms with E-state index >= 15 is 0 Å². The van der Waals surface area contributed by atoms with Gasteiger partial charge in [-0.2, -0.15) is 0 Å². The first-order valence-electron chi connectivity index (χ1n) is 4.75. The summed E-state index contributed by atoms with van der Waals surface area (Å²) in [4.78, 5) is 0. The van der Waals surface area contributed by atoms with Crippen molar-refractivity contribution < 1.29 is 0 Å². The summed E-state index contributed by atoms with van der Waals surface area (Å²) < 4.78 is 0. The molecule has 0 saturated heterocycles. The summed E-state index contributed by atoms with van der Waals surface area (Å²) in [6, 6.07) is 0. The molecule has 0 nitrogen and oxygen atoms in total. The maximum atomic E-state index is 4.02. The Bertz CT molecular complexity index is 163. The van der Waals surface area contributed by atoms with E-state index < -0.39 is 0 Å². The normalized spacial score (nSPS) is 13.1. The molecule has 0 heterocycles. The van der Waals surface area contributed by atoms with E-state index in [2.05, 4.69) is 40.9 Å². The molecule has 0 radical (unpaired) electrons. The van der Waals surface area contributed by atoms with Crippen LogP contribution in [0.1, 0.15) is 40.5 Å². The molecule has 0 saturated carbocycles. The van der Waals surface area contributed by atoms with Gasteiger partial charge in [-0.3, -0.25) is 0 Å². The molecule has 0 aliphatic heterocycles. The fraction of sp³-hybridized carbons (Fsp3) is 0.667. The van der Waals surface area contributed by atoms with E-state index in [1.807, 2.05) is 0 Å². The van der Waals surface area contributed by atoms with Crippen molar-refractivity contribution in [3.05, 3.63) is 24.3 Å². The monoisotopic (exact) mass is 166 g/mol. The van der Waals surface area contributed by atoms with Crippen LogP contribution in [0.15, 0.2) is 24.3 Å². The lowest BCUT2D eigenvalue weighted by Gasteiger charge is -2.20. The van der Waals surface area contributed by atoms with E-state index in [-0.39, 0.29) is 0 Å². The highest BCUT2D eigenvalue weighted by atomic mass is 14.2. The smallest absolute Gasteiger partial charge is 0.0183 e. The van der Waals surface area contributed by atoms with Gasteiger partial charge in [-0.05, 0) is 38.5 Å². The van der Waals surface area contributed by atoms with Gasteiger partial charge in [0, 0.05) is 0 Å². The Balaban J connectivity index is 3.97. The molecule has 12 heavy (non-hydrogen) atoms. The van der Waals surface area contributed by atoms with Gasteiger partial charge in [-0.15, -0.1) is 6.58 Å². The van der Waals surface area contributed by atoms with E-state index in [0.29, 0.717) is 11.8 Å². The number of rotatable bonds is 5. The molecule has 0 fully saturated rings. The second-order valence-corrected chi connectivity index (χ2v) is 4.19. The standard InChI is InChI=1S/C12H22/c1-9(2)7-8-12(10(3)4)11(5)6/h11-12H,1,3,7-8H2,2,4-6H3. The molecular weight excluding hydrogens is 144 g/mol. The minimum Gasteiger partial charge on any atom is -0.100 e. The minimum atomic E-state index is 0.668. The van der Waals surface area contributed by atoms with Gasteiger partial charge in [-0.1, -0.05) is 31.6 Å². The third-order valence-electron chi connectivity index (χ3n) is 2.32. The van der Waals surface area contributed by atoms with Crippen LogP contribution in [0.3, 0.4) is 0 Å². The largest absolute Gasteiger partial charge is 0.100 e. The maximum Gasteiger partial charge on any atom is -0.0183 e. The van der Waals surface area contributed by atoms with Crippen LogP contribution < -0.4 is 0 Å². The van der Waals surface area contributed by atoms with Gasteiger partial charge in [0.05, 0.1) is 0 Å². The summed E-state index contributed by atoms with van der Waals surface area (Å²) in [6.45, 7) is 16.7. The Labute approximate surface area is 77.4 Å². The first-order chi connectivity index (χ1) is 5.45. The zero-order valence-electron chi connectivity index (χ0n) is 8.98. The molecule has 0 aromatic rings. The molecule has 1 unspecified atom stereocenters. The van der Waals surface area contributed by atoms with Gasteiger partial charge in [0.1, 0.15) is 0 Å². The third-order valence-corrected chi connectivity index (χ3v) is 2.32. The Morgan fingerprint density at radius 3 is 1.92 bits per heavy atom. The van der Waals surface area contributed by atoms with Crippen molar-refractivity contribution in [2.75, 3.05) is 0 Å². The summed E-state index contributed by atoms with van der Waals surface area (Å²) in [5, 5.41) is 0. The topological polar surface area (TPSA) is 0 Å². The zero-order valence-corrected chi connectivity index (χ0v) is 8.98. The first kappa shape index (κ1) is 11.5. The maximum absolute atomic E-state index is 4.02. The summed E-state index contributed by atoms with van der Waals surface area (Å²) >= 11 is 0. The van der Waals surface area contributed by atoms with E-state index in [9.17, 15) is 0 Å². The third kappa shape index (κ3) is 4.38. The second kappa shape index (κ2) is 5.18. The van der Waals surface area contributed by atoms with Crippen molar-refractivity contribution in [3.63, 3.8) is 0 Å². The van der Waals surface area contributed by atoms with Crippen molar-refractivity contribution in [2.24, 2.45) is 11.8 Å². The molecule has 0 aromatic carbocycles. The predicted octanol–water partition coefficient (Wildman–Crippen LogP) is 4.19. The lowest BCUT2D eigenvalue weighted by molar-refractivity contribution is 0.416. The Hall–Kier alpha value is -0.520. The van der Waals surface area contributed by atoms with Crippen LogP contribution >= 0.6 is 0 Å². The molecule has 1 atom stereocenters. The summed E-state index contributed by atoms with van der Waals surface area (Å²) in [6.07, 6.45) is 2.35. The molecule has 70 valence electrons. The van der Waals surface area contributed by atoms with Crippen LogP contribution in [0.5, 0.6) is 0 Å². The quantitative estimate of drug-likeness (QED) is 0.537. The zero-order chi connectivity index (χ0) is 9.72. The molecule has 0 heteroatoms. The average Bonchev–Trinajstić information content (AvgIpc) is 1.84. The van der Waals surface area contributed by atoms with E-state index in [0.717, 1.165) is 6.42 Å². The molecule has 0 aromatic heterocycles. The summed E-state index contributed by atoms with van der Waals surface area (Å²) in [5.41, 5.74) is 2.59. The fourth-order valence-corrected chi connectivity index (χ4v) is 1.55. The summed E-state index contributed by atoms with van der Waals surface area (Å²) in [7, 11) is 0. The number of hydrogen-bond acceptors (Lipinski definition) is 0. The van der Waals surface area contributed by atoms with Gasteiger partial charge in [0.25, 0.3) is 0 Å².